The van der Waals surface area contributed by atoms with Gasteiger partial charge < -0.3 is 4.74 Å². The Balaban J connectivity index is 1.64. The fourth-order valence-electron chi connectivity index (χ4n) is 2.63. The van der Waals surface area contributed by atoms with Crippen molar-refractivity contribution in [2.45, 2.75) is 18.7 Å². The summed E-state index contributed by atoms with van der Waals surface area (Å²) in [5, 5.41) is 4.07. The van der Waals surface area contributed by atoms with E-state index in [1.807, 2.05) is 13.0 Å². The number of nitrogens with one attached hydrogen (secondary N) is 2. The average Bonchev–Trinajstić information content (AvgIpc) is 2.78. The van der Waals surface area contributed by atoms with Crippen LogP contribution in [-0.4, -0.2) is 31.6 Å². The van der Waals surface area contributed by atoms with Gasteiger partial charge in [-0.25, -0.2) is 13.8 Å². The van der Waals surface area contributed by atoms with E-state index in [2.05, 4.69) is 20.2 Å². The molecule has 1 aromatic heterocycles. The molecule has 160 valence electrons. The molecule has 2 aromatic carbocycles. The molecule has 0 saturated carbocycles. The molecule has 0 fully saturated rings. The maximum absolute atomic E-state index is 12.5. The van der Waals surface area contributed by atoms with E-state index in [1.54, 1.807) is 37.5 Å². The number of hydrogen-bond donors (Lipinski definition) is 2. The molecule has 0 aliphatic heterocycles. The molecule has 1 heterocycles. The summed E-state index contributed by atoms with van der Waals surface area (Å²) in [5.41, 5.74) is 4.56. The Labute approximate surface area is 181 Å². The summed E-state index contributed by atoms with van der Waals surface area (Å²) < 4.78 is 32.9. The molecular weight excluding hydrogens is 416 g/mol. The van der Waals surface area contributed by atoms with Gasteiger partial charge in [-0.15, -0.1) is 0 Å². The number of anilines is 1. The third-order valence-corrected chi connectivity index (χ3v) is 5.65. The number of amides is 1. The number of rotatable bonds is 8. The lowest BCUT2D eigenvalue weighted by molar-refractivity contribution is 0.0955. The SMILES string of the molecule is CCOc1ccc(S(=O)(=O)Nc2ccc(C(=O)NN=C(C)c3cccnc3)cc2)cc1. The van der Waals surface area contributed by atoms with E-state index in [9.17, 15) is 13.2 Å². The first-order chi connectivity index (χ1) is 14.9. The summed E-state index contributed by atoms with van der Waals surface area (Å²) >= 11 is 0. The van der Waals surface area contributed by atoms with Gasteiger partial charge in [0.1, 0.15) is 5.75 Å². The number of aromatic nitrogens is 1. The van der Waals surface area contributed by atoms with Crippen molar-refractivity contribution in [2.75, 3.05) is 11.3 Å². The number of pyridine rings is 1. The Kier molecular flexibility index (Phi) is 6.99. The summed E-state index contributed by atoms with van der Waals surface area (Å²) in [6, 6.07) is 15.8. The van der Waals surface area contributed by atoms with Crippen molar-refractivity contribution in [3.8, 4) is 5.75 Å². The lowest BCUT2D eigenvalue weighted by atomic mass is 10.2. The van der Waals surface area contributed by atoms with E-state index < -0.39 is 15.9 Å². The van der Waals surface area contributed by atoms with Crippen molar-refractivity contribution in [1.29, 1.82) is 0 Å². The van der Waals surface area contributed by atoms with Crippen molar-refractivity contribution in [3.63, 3.8) is 0 Å². The average molecular weight is 439 g/mol. The summed E-state index contributed by atoms with van der Waals surface area (Å²) in [4.78, 5) is 16.4. The van der Waals surface area contributed by atoms with Gasteiger partial charge in [-0.1, -0.05) is 6.07 Å². The Hall–Kier alpha value is -3.72. The Morgan fingerprint density at radius 2 is 1.74 bits per heavy atom. The quantitative estimate of drug-likeness (QED) is 0.414. The van der Waals surface area contributed by atoms with Crippen molar-refractivity contribution in [1.82, 2.24) is 10.4 Å². The van der Waals surface area contributed by atoms with Gasteiger partial charge in [0.15, 0.2) is 0 Å². The smallest absolute Gasteiger partial charge is 0.271 e. The maximum Gasteiger partial charge on any atom is 0.271 e. The van der Waals surface area contributed by atoms with Crippen LogP contribution in [0, 0.1) is 0 Å². The van der Waals surface area contributed by atoms with Gasteiger partial charge in [-0.2, -0.15) is 5.10 Å². The van der Waals surface area contributed by atoms with Crippen molar-refractivity contribution < 1.29 is 17.9 Å². The van der Waals surface area contributed by atoms with E-state index in [4.69, 9.17) is 4.74 Å². The van der Waals surface area contributed by atoms with Crippen molar-refractivity contribution in [2.24, 2.45) is 5.10 Å². The zero-order valence-electron chi connectivity index (χ0n) is 17.1. The highest BCUT2D eigenvalue weighted by Gasteiger charge is 2.15. The highest BCUT2D eigenvalue weighted by atomic mass is 32.2. The molecule has 0 radical (unpaired) electrons. The number of nitrogens with zero attached hydrogens (tertiary/aromatic N) is 2. The second-order valence-corrected chi connectivity index (χ2v) is 8.15. The number of benzene rings is 2. The van der Waals surface area contributed by atoms with Crippen molar-refractivity contribution in [3.05, 3.63) is 84.2 Å². The molecule has 0 unspecified atom stereocenters. The molecule has 8 nitrogen and oxygen atoms in total. The van der Waals surface area contributed by atoms with Gasteiger partial charge in [0.2, 0.25) is 0 Å². The molecule has 31 heavy (non-hydrogen) atoms. The normalized spacial score (nSPS) is 11.6. The number of hydrazone groups is 1. The topological polar surface area (TPSA) is 110 Å². The first kappa shape index (κ1) is 22.0. The Morgan fingerprint density at radius 3 is 2.35 bits per heavy atom. The van der Waals surface area contributed by atoms with E-state index in [0.29, 0.717) is 29.3 Å². The van der Waals surface area contributed by atoms with Crippen LogP contribution in [-0.2, 0) is 10.0 Å². The van der Waals surface area contributed by atoms with Crippen LogP contribution in [0.3, 0.4) is 0 Å². The fourth-order valence-corrected chi connectivity index (χ4v) is 3.68. The molecule has 2 N–H and O–H groups in total. The Morgan fingerprint density at radius 1 is 1.03 bits per heavy atom. The summed E-state index contributed by atoms with van der Waals surface area (Å²) in [7, 11) is -3.76. The lowest BCUT2D eigenvalue weighted by Gasteiger charge is -2.10. The van der Waals surface area contributed by atoms with E-state index >= 15 is 0 Å². The van der Waals surface area contributed by atoms with Gasteiger partial charge >= 0.3 is 0 Å². The fraction of sp³-hybridized carbons (Fsp3) is 0.136. The molecule has 9 heteroatoms. The van der Waals surface area contributed by atoms with Crippen LogP contribution >= 0.6 is 0 Å². The first-order valence-electron chi connectivity index (χ1n) is 9.50. The Bertz CT molecular complexity index is 1160. The maximum atomic E-state index is 12.5. The number of carbonyl (C=O) groups is 1. The molecule has 3 aromatic rings. The van der Waals surface area contributed by atoms with Crippen LogP contribution in [0.2, 0.25) is 0 Å². The van der Waals surface area contributed by atoms with Gasteiger partial charge in [-0.05, 0) is 68.4 Å². The van der Waals surface area contributed by atoms with Crippen LogP contribution in [0.5, 0.6) is 5.75 Å². The summed E-state index contributed by atoms with van der Waals surface area (Å²) in [6.07, 6.45) is 3.30. The lowest BCUT2D eigenvalue weighted by Crippen LogP contribution is -2.19. The number of sulfonamides is 1. The minimum Gasteiger partial charge on any atom is -0.494 e. The molecule has 0 saturated heterocycles. The standard InChI is InChI=1S/C22H22N4O4S/c1-3-30-20-10-12-21(13-11-20)31(28,29)26-19-8-6-17(7-9-19)22(27)25-24-16(2)18-5-4-14-23-15-18/h4-15,26H,3H2,1-2H3,(H,25,27). The molecule has 0 bridgehead atoms. The van der Waals surface area contributed by atoms with E-state index in [-0.39, 0.29) is 4.90 Å². The highest BCUT2D eigenvalue weighted by Crippen LogP contribution is 2.19. The predicted octanol–water partition coefficient (Wildman–Crippen LogP) is 3.44. The van der Waals surface area contributed by atoms with E-state index in [1.165, 1.54) is 36.4 Å². The highest BCUT2D eigenvalue weighted by molar-refractivity contribution is 7.92. The van der Waals surface area contributed by atoms with Crippen LogP contribution in [0.4, 0.5) is 5.69 Å². The summed E-state index contributed by atoms with van der Waals surface area (Å²) in [5.74, 6) is 0.183. The van der Waals surface area contributed by atoms with Crippen molar-refractivity contribution >= 4 is 27.3 Å². The van der Waals surface area contributed by atoms with Crippen LogP contribution in [0.1, 0.15) is 29.8 Å². The third kappa shape index (κ3) is 5.89. The molecule has 3 rings (SSSR count). The largest absolute Gasteiger partial charge is 0.494 e. The molecule has 0 atom stereocenters. The third-order valence-electron chi connectivity index (χ3n) is 4.25. The van der Waals surface area contributed by atoms with Gasteiger partial charge in [0, 0.05) is 29.2 Å². The van der Waals surface area contributed by atoms with Crippen LogP contribution in [0.25, 0.3) is 0 Å². The molecule has 0 aliphatic rings. The van der Waals surface area contributed by atoms with E-state index in [0.717, 1.165) is 5.56 Å². The van der Waals surface area contributed by atoms with Gasteiger partial charge in [0.05, 0.1) is 17.2 Å². The number of hydrogen-bond acceptors (Lipinski definition) is 6. The summed E-state index contributed by atoms with van der Waals surface area (Å²) in [6.45, 7) is 4.11. The molecular formula is C22H22N4O4S. The first-order valence-corrected chi connectivity index (χ1v) is 11.0. The van der Waals surface area contributed by atoms with Gasteiger partial charge in [0.25, 0.3) is 15.9 Å². The number of ether oxygens (including phenoxy) is 1. The minimum absolute atomic E-state index is 0.109. The second kappa shape index (κ2) is 9.86. The minimum atomic E-state index is -3.76. The molecule has 0 spiro atoms. The van der Waals surface area contributed by atoms with Crippen LogP contribution in [0.15, 0.2) is 83.1 Å². The molecule has 1 amide bonds. The van der Waals surface area contributed by atoms with Crippen LogP contribution < -0.4 is 14.9 Å². The zero-order valence-corrected chi connectivity index (χ0v) is 17.9. The molecule has 0 aliphatic carbocycles. The monoisotopic (exact) mass is 438 g/mol. The van der Waals surface area contributed by atoms with Gasteiger partial charge in [-0.3, -0.25) is 14.5 Å². The second-order valence-electron chi connectivity index (χ2n) is 6.47. The number of carbonyl (C=O) groups excluding carboxylic acids is 1. The predicted molar refractivity (Wildman–Crippen MR) is 119 cm³/mol. The zero-order chi connectivity index (χ0) is 22.3.